The van der Waals surface area contributed by atoms with Crippen molar-refractivity contribution in [2.75, 3.05) is 7.11 Å². The lowest BCUT2D eigenvalue weighted by atomic mass is 9.93. The minimum absolute atomic E-state index is 0.228. The highest BCUT2D eigenvalue weighted by Crippen LogP contribution is 2.25. The third-order valence-electron chi connectivity index (χ3n) is 4.59. The number of carboxylic acids is 1. The summed E-state index contributed by atoms with van der Waals surface area (Å²) in [5.74, 6) is -1.93. The molecule has 2 aromatic rings. The molecule has 136 valence electrons. The predicted octanol–water partition coefficient (Wildman–Crippen LogP) is 1.27. The average molecular weight is 357 g/mol. The van der Waals surface area contributed by atoms with E-state index in [9.17, 15) is 14.4 Å². The van der Waals surface area contributed by atoms with Crippen molar-refractivity contribution in [3.8, 4) is 0 Å². The quantitative estimate of drug-likeness (QED) is 0.827. The third kappa shape index (κ3) is 3.17. The first-order chi connectivity index (χ1) is 12.4. The summed E-state index contributed by atoms with van der Waals surface area (Å²) in [6.45, 7) is 1.74. The Kier molecular flexibility index (Phi) is 4.75. The van der Waals surface area contributed by atoms with E-state index >= 15 is 0 Å². The number of carboxylic acid groups (broad SMARTS) is 1. The van der Waals surface area contributed by atoms with E-state index in [-0.39, 0.29) is 12.1 Å². The summed E-state index contributed by atoms with van der Waals surface area (Å²) in [4.78, 5) is 37.7. The van der Waals surface area contributed by atoms with Crippen molar-refractivity contribution < 1.29 is 24.2 Å². The number of hydrogen-bond donors (Lipinski definition) is 1. The van der Waals surface area contributed by atoms with Crippen LogP contribution in [0.5, 0.6) is 0 Å². The molecule has 8 heteroatoms. The molecular weight excluding hydrogens is 338 g/mol. The van der Waals surface area contributed by atoms with Gasteiger partial charge in [0.05, 0.1) is 18.9 Å². The Hall–Kier alpha value is -3.16. The highest BCUT2D eigenvalue weighted by atomic mass is 16.5. The SMILES string of the molecule is COC(=O)C1Cc2ccccc2CN1C(=O)c1cnn(C(C)C(=O)O)c1. The number of aromatic nitrogens is 2. The summed E-state index contributed by atoms with van der Waals surface area (Å²) in [7, 11) is 1.29. The van der Waals surface area contributed by atoms with Gasteiger partial charge in [-0.15, -0.1) is 0 Å². The molecular formula is C18H19N3O5. The lowest BCUT2D eigenvalue weighted by Crippen LogP contribution is -2.49. The number of hydrogen-bond acceptors (Lipinski definition) is 5. The Bertz CT molecular complexity index is 860. The van der Waals surface area contributed by atoms with E-state index in [4.69, 9.17) is 9.84 Å². The second kappa shape index (κ2) is 6.99. The van der Waals surface area contributed by atoms with Crippen LogP contribution in [0, 0.1) is 0 Å². The molecule has 0 saturated heterocycles. The van der Waals surface area contributed by atoms with E-state index < -0.39 is 29.9 Å². The molecule has 1 aromatic carbocycles. The molecule has 0 aliphatic carbocycles. The molecule has 26 heavy (non-hydrogen) atoms. The van der Waals surface area contributed by atoms with Gasteiger partial charge in [-0.3, -0.25) is 9.48 Å². The first-order valence-corrected chi connectivity index (χ1v) is 8.15. The lowest BCUT2D eigenvalue weighted by Gasteiger charge is -2.34. The van der Waals surface area contributed by atoms with Gasteiger partial charge in [-0.05, 0) is 18.1 Å². The van der Waals surface area contributed by atoms with Crippen molar-refractivity contribution in [2.45, 2.75) is 32.0 Å². The summed E-state index contributed by atoms with van der Waals surface area (Å²) in [5, 5.41) is 13.0. The summed E-state index contributed by atoms with van der Waals surface area (Å²) in [5.41, 5.74) is 2.20. The molecule has 3 rings (SSSR count). The summed E-state index contributed by atoms with van der Waals surface area (Å²) >= 11 is 0. The number of nitrogens with zero attached hydrogens (tertiary/aromatic N) is 3. The number of ether oxygens (including phenoxy) is 1. The molecule has 8 nitrogen and oxygen atoms in total. The number of esters is 1. The van der Waals surface area contributed by atoms with Crippen LogP contribution in [-0.4, -0.2) is 50.8 Å². The molecule has 1 aliphatic heterocycles. The van der Waals surface area contributed by atoms with Crippen molar-refractivity contribution in [3.63, 3.8) is 0 Å². The predicted molar refractivity (Wildman–Crippen MR) is 90.4 cm³/mol. The number of fused-ring (bicyclic) bond motifs is 1. The zero-order chi connectivity index (χ0) is 18.8. The fraction of sp³-hybridized carbons (Fsp3) is 0.333. The molecule has 2 unspecified atom stereocenters. The summed E-state index contributed by atoms with van der Waals surface area (Å²) in [6.07, 6.45) is 3.07. The maximum absolute atomic E-state index is 13.0. The van der Waals surface area contributed by atoms with E-state index in [0.717, 1.165) is 11.1 Å². The summed E-state index contributed by atoms with van der Waals surface area (Å²) in [6, 6.07) is 5.99. The van der Waals surface area contributed by atoms with Crippen LogP contribution in [0.4, 0.5) is 0 Å². The molecule has 0 radical (unpaired) electrons. The first-order valence-electron chi connectivity index (χ1n) is 8.15. The van der Waals surface area contributed by atoms with Crippen molar-refractivity contribution in [3.05, 3.63) is 53.3 Å². The van der Waals surface area contributed by atoms with Crippen LogP contribution in [0.2, 0.25) is 0 Å². The largest absolute Gasteiger partial charge is 0.480 e. The second-order valence-corrected chi connectivity index (χ2v) is 6.17. The van der Waals surface area contributed by atoms with Crippen molar-refractivity contribution >= 4 is 17.8 Å². The van der Waals surface area contributed by atoms with Gasteiger partial charge in [-0.2, -0.15) is 5.10 Å². The minimum atomic E-state index is -1.05. The number of methoxy groups -OCH3 is 1. The Morgan fingerprint density at radius 3 is 2.62 bits per heavy atom. The van der Waals surface area contributed by atoms with E-state index in [1.54, 1.807) is 0 Å². The topological polar surface area (TPSA) is 102 Å². The Morgan fingerprint density at radius 1 is 1.27 bits per heavy atom. The number of rotatable bonds is 4. The first kappa shape index (κ1) is 17.7. The standard InChI is InChI=1S/C18H19N3O5/c1-11(17(23)24)21-10-14(8-19-21)16(22)20-9-13-6-4-3-5-12(13)7-15(20)18(25)26-2/h3-6,8,10-11,15H,7,9H2,1-2H3,(H,23,24). The van der Waals surface area contributed by atoms with E-state index in [0.29, 0.717) is 6.42 Å². The normalized spacial score (nSPS) is 17.3. The molecule has 0 spiro atoms. The Balaban J connectivity index is 1.91. The van der Waals surface area contributed by atoms with Gasteiger partial charge >= 0.3 is 11.9 Å². The smallest absolute Gasteiger partial charge is 0.328 e. The zero-order valence-corrected chi connectivity index (χ0v) is 14.5. The van der Waals surface area contributed by atoms with Crippen LogP contribution in [0.25, 0.3) is 0 Å². The molecule has 0 bridgehead atoms. The van der Waals surface area contributed by atoms with Gasteiger partial charge in [0.25, 0.3) is 5.91 Å². The molecule has 1 aliphatic rings. The highest BCUT2D eigenvalue weighted by molar-refractivity contribution is 5.96. The lowest BCUT2D eigenvalue weighted by molar-refractivity contribution is -0.146. The zero-order valence-electron chi connectivity index (χ0n) is 14.5. The van der Waals surface area contributed by atoms with Crippen LogP contribution < -0.4 is 0 Å². The molecule has 1 amide bonds. The second-order valence-electron chi connectivity index (χ2n) is 6.17. The summed E-state index contributed by atoms with van der Waals surface area (Å²) < 4.78 is 6.07. The van der Waals surface area contributed by atoms with Gasteiger partial charge in [-0.1, -0.05) is 24.3 Å². The maximum atomic E-state index is 13.0. The van der Waals surface area contributed by atoms with Gasteiger partial charge in [0.2, 0.25) is 0 Å². The van der Waals surface area contributed by atoms with Gasteiger partial charge in [-0.25, -0.2) is 9.59 Å². The fourth-order valence-electron chi connectivity index (χ4n) is 3.02. The van der Waals surface area contributed by atoms with Gasteiger partial charge in [0, 0.05) is 19.2 Å². The molecule has 1 aromatic heterocycles. The third-order valence-corrected chi connectivity index (χ3v) is 4.59. The number of carbonyl (C=O) groups is 3. The average Bonchev–Trinajstić information content (AvgIpc) is 3.15. The monoisotopic (exact) mass is 357 g/mol. The molecule has 1 N–H and O–H groups in total. The number of amides is 1. The van der Waals surface area contributed by atoms with Crippen LogP contribution in [0.3, 0.4) is 0 Å². The van der Waals surface area contributed by atoms with Crippen LogP contribution in [0.15, 0.2) is 36.7 Å². The highest BCUT2D eigenvalue weighted by Gasteiger charge is 2.36. The molecule has 0 saturated carbocycles. The van der Waals surface area contributed by atoms with Crippen LogP contribution in [0.1, 0.15) is 34.5 Å². The van der Waals surface area contributed by atoms with Crippen LogP contribution in [-0.2, 0) is 27.3 Å². The van der Waals surface area contributed by atoms with Crippen LogP contribution >= 0.6 is 0 Å². The van der Waals surface area contributed by atoms with E-state index in [1.807, 2.05) is 24.3 Å². The Morgan fingerprint density at radius 2 is 1.96 bits per heavy atom. The Labute approximate surface area is 150 Å². The van der Waals surface area contributed by atoms with Crippen molar-refractivity contribution in [1.82, 2.24) is 14.7 Å². The number of benzene rings is 1. The van der Waals surface area contributed by atoms with E-state index in [1.165, 1.54) is 36.0 Å². The molecule has 0 fully saturated rings. The van der Waals surface area contributed by atoms with Gasteiger partial charge in [0.15, 0.2) is 0 Å². The molecule has 2 heterocycles. The van der Waals surface area contributed by atoms with Crippen molar-refractivity contribution in [2.24, 2.45) is 0 Å². The van der Waals surface area contributed by atoms with Crippen molar-refractivity contribution in [1.29, 1.82) is 0 Å². The van der Waals surface area contributed by atoms with Gasteiger partial charge in [0.1, 0.15) is 12.1 Å². The van der Waals surface area contributed by atoms with E-state index in [2.05, 4.69) is 5.10 Å². The fourth-order valence-corrected chi connectivity index (χ4v) is 3.02. The minimum Gasteiger partial charge on any atom is -0.480 e. The number of aliphatic carboxylic acids is 1. The number of carbonyl (C=O) groups excluding carboxylic acids is 2. The molecule has 2 atom stereocenters. The maximum Gasteiger partial charge on any atom is 0.328 e. The van der Waals surface area contributed by atoms with Gasteiger partial charge < -0.3 is 14.7 Å².